The van der Waals surface area contributed by atoms with Crippen molar-refractivity contribution in [3.8, 4) is 0 Å². The van der Waals surface area contributed by atoms with Crippen LogP contribution in [-0.2, 0) is 4.79 Å². The maximum Gasteiger partial charge on any atom is 0.270 e. The zero-order valence-electron chi connectivity index (χ0n) is 8.98. The second-order valence-electron chi connectivity index (χ2n) is 3.42. The molecule has 0 bridgehead atoms. The van der Waals surface area contributed by atoms with E-state index >= 15 is 0 Å². The number of nitrogens with two attached hydrogens (primary N) is 1. The summed E-state index contributed by atoms with van der Waals surface area (Å²) in [6, 6.07) is 4.60. The first-order chi connectivity index (χ1) is 8.00. The number of nitrogens with zero attached hydrogens (tertiary/aromatic N) is 1. The average molecular weight is 349 g/mol. The molecule has 0 radical (unpaired) electrons. The van der Waals surface area contributed by atoms with Crippen molar-refractivity contribution in [2.75, 3.05) is 11.9 Å². The van der Waals surface area contributed by atoms with Gasteiger partial charge in [-0.25, -0.2) is 0 Å². The Balaban J connectivity index is 2.54. The van der Waals surface area contributed by atoms with Crippen LogP contribution >= 0.6 is 22.6 Å². The summed E-state index contributed by atoms with van der Waals surface area (Å²) in [4.78, 5) is 20.6. The lowest BCUT2D eigenvalue weighted by Gasteiger charge is -2.07. The summed E-state index contributed by atoms with van der Waals surface area (Å²) in [5.41, 5.74) is 5.90. The molecule has 6 nitrogen and oxygen atoms in total. The fourth-order valence-electron chi connectivity index (χ4n) is 1.25. The molecule has 1 aromatic rings. The highest BCUT2D eigenvalue weighted by Gasteiger charge is 2.08. The minimum absolute atomic E-state index is 0.0667. The number of amides is 1. The number of carbonyl (C=O) groups is 1. The van der Waals surface area contributed by atoms with Crippen LogP contribution in [0.5, 0.6) is 0 Å². The number of nitro groups is 1. The van der Waals surface area contributed by atoms with Gasteiger partial charge in [0.2, 0.25) is 5.91 Å². The van der Waals surface area contributed by atoms with E-state index in [0.717, 1.165) is 9.26 Å². The molecule has 0 spiro atoms. The highest BCUT2D eigenvalue weighted by Crippen LogP contribution is 2.23. The van der Waals surface area contributed by atoms with Gasteiger partial charge in [0.25, 0.3) is 5.69 Å². The van der Waals surface area contributed by atoms with Crippen LogP contribution in [0.4, 0.5) is 11.4 Å². The number of halogens is 1. The normalized spacial score (nSPS) is 9.94. The predicted molar refractivity (Wildman–Crippen MR) is 72.7 cm³/mol. The minimum Gasteiger partial charge on any atom is -0.384 e. The van der Waals surface area contributed by atoms with Crippen molar-refractivity contribution in [3.63, 3.8) is 0 Å². The maximum atomic E-state index is 10.5. The first-order valence-corrected chi connectivity index (χ1v) is 6.04. The second kappa shape index (κ2) is 6.38. The van der Waals surface area contributed by atoms with Gasteiger partial charge in [-0.3, -0.25) is 14.9 Å². The summed E-state index contributed by atoms with van der Waals surface area (Å²) >= 11 is 2.03. The Labute approximate surface area is 112 Å². The van der Waals surface area contributed by atoms with Crippen LogP contribution in [0.3, 0.4) is 0 Å². The average Bonchev–Trinajstić information content (AvgIpc) is 2.25. The van der Waals surface area contributed by atoms with E-state index in [9.17, 15) is 14.9 Å². The first-order valence-electron chi connectivity index (χ1n) is 4.97. The molecule has 92 valence electrons. The van der Waals surface area contributed by atoms with E-state index in [0.29, 0.717) is 19.4 Å². The molecule has 0 aliphatic heterocycles. The molecule has 7 heteroatoms. The molecule has 0 heterocycles. The zero-order valence-corrected chi connectivity index (χ0v) is 11.1. The molecule has 1 aromatic carbocycles. The second-order valence-corrected chi connectivity index (χ2v) is 4.58. The molecule has 0 fully saturated rings. The van der Waals surface area contributed by atoms with E-state index < -0.39 is 4.92 Å². The van der Waals surface area contributed by atoms with Crippen LogP contribution in [0, 0.1) is 13.7 Å². The van der Waals surface area contributed by atoms with Gasteiger partial charge in [-0.05, 0) is 35.1 Å². The number of carbonyl (C=O) groups excluding carboxylic acids is 1. The van der Waals surface area contributed by atoms with Crippen LogP contribution < -0.4 is 11.1 Å². The summed E-state index contributed by atoms with van der Waals surface area (Å²) in [5.74, 6) is -0.329. The fraction of sp³-hybridized carbons (Fsp3) is 0.300. The Bertz CT molecular complexity index is 437. The van der Waals surface area contributed by atoms with Gasteiger partial charge in [0.1, 0.15) is 0 Å². The number of hydrogen-bond acceptors (Lipinski definition) is 4. The van der Waals surface area contributed by atoms with E-state index in [1.165, 1.54) is 12.1 Å². The number of benzene rings is 1. The molecule has 0 unspecified atom stereocenters. The molecule has 0 aromatic heterocycles. The molecule has 0 atom stereocenters. The fourth-order valence-corrected chi connectivity index (χ4v) is 1.94. The van der Waals surface area contributed by atoms with Gasteiger partial charge >= 0.3 is 0 Å². The molecular formula is C10H12IN3O3. The Morgan fingerprint density at radius 2 is 2.24 bits per heavy atom. The molecule has 0 aliphatic carbocycles. The van der Waals surface area contributed by atoms with Gasteiger partial charge in [0.05, 0.1) is 4.92 Å². The van der Waals surface area contributed by atoms with E-state index in [2.05, 4.69) is 5.32 Å². The van der Waals surface area contributed by atoms with Crippen molar-refractivity contribution in [1.82, 2.24) is 0 Å². The molecule has 0 saturated heterocycles. The number of nitro benzene ring substituents is 1. The zero-order chi connectivity index (χ0) is 12.8. The number of non-ortho nitro benzene ring substituents is 1. The minimum atomic E-state index is -0.432. The summed E-state index contributed by atoms with van der Waals surface area (Å²) < 4.78 is 0.774. The van der Waals surface area contributed by atoms with Gasteiger partial charge in [0.15, 0.2) is 0 Å². The number of nitrogens with one attached hydrogen (secondary N) is 1. The van der Waals surface area contributed by atoms with E-state index in [1.54, 1.807) is 6.07 Å². The highest BCUT2D eigenvalue weighted by molar-refractivity contribution is 14.1. The van der Waals surface area contributed by atoms with Crippen LogP contribution in [0.1, 0.15) is 12.8 Å². The molecule has 0 saturated carbocycles. The third kappa shape index (κ3) is 4.55. The first kappa shape index (κ1) is 13.7. The maximum absolute atomic E-state index is 10.5. The Kier molecular flexibility index (Phi) is 5.13. The summed E-state index contributed by atoms with van der Waals surface area (Å²) in [7, 11) is 0. The Hall–Kier alpha value is -1.38. The van der Waals surface area contributed by atoms with Crippen molar-refractivity contribution >= 4 is 39.9 Å². The molecule has 17 heavy (non-hydrogen) atoms. The van der Waals surface area contributed by atoms with Crippen molar-refractivity contribution in [3.05, 3.63) is 31.9 Å². The number of anilines is 1. The molecule has 3 N–H and O–H groups in total. The Morgan fingerprint density at radius 3 is 2.76 bits per heavy atom. The van der Waals surface area contributed by atoms with Gasteiger partial charge in [-0.2, -0.15) is 0 Å². The summed E-state index contributed by atoms with van der Waals surface area (Å²) in [6.45, 7) is 0.608. The van der Waals surface area contributed by atoms with Crippen LogP contribution in [-0.4, -0.2) is 17.4 Å². The van der Waals surface area contributed by atoms with Crippen LogP contribution in [0.15, 0.2) is 18.2 Å². The lowest BCUT2D eigenvalue weighted by Crippen LogP contribution is -2.12. The van der Waals surface area contributed by atoms with Gasteiger partial charge in [0, 0.05) is 34.4 Å². The lowest BCUT2D eigenvalue weighted by atomic mass is 10.2. The Morgan fingerprint density at radius 1 is 1.53 bits per heavy atom. The smallest absolute Gasteiger partial charge is 0.270 e. The quantitative estimate of drug-likeness (QED) is 0.355. The lowest BCUT2D eigenvalue weighted by molar-refractivity contribution is -0.384. The predicted octanol–water partition coefficient (Wildman–Crippen LogP) is 1.88. The number of hydrogen-bond donors (Lipinski definition) is 2. The van der Waals surface area contributed by atoms with Gasteiger partial charge in [-0.15, -0.1) is 0 Å². The van der Waals surface area contributed by atoms with E-state index in [1.807, 2.05) is 22.6 Å². The van der Waals surface area contributed by atoms with Crippen LogP contribution in [0.2, 0.25) is 0 Å². The molecule has 1 rings (SSSR count). The van der Waals surface area contributed by atoms with Crippen molar-refractivity contribution in [2.24, 2.45) is 5.73 Å². The van der Waals surface area contributed by atoms with Gasteiger partial charge < -0.3 is 11.1 Å². The topological polar surface area (TPSA) is 98.3 Å². The highest BCUT2D eigenvalue weighted by atomic mass is 127. The van der Waals surface area contributed by atoms with Crippen molar-refractivity contribution < 1.29 is 9.72 Å². The third-order valence-corrected chi connectivity index (χ3v) is 2.97. The van der Waals surface area contributed by atoms with Crippen LogP contribution in [0.25, 0.3) is 0 Å². The largest absolute Gasteiger partial charge is 0.384 e. The third-order valence-electron chi connectivity index (χ3n) is 2.08. The van der Waals surface area contributed by atoms with Crippen molar-refractivity contribution in [2.45, 2.75) is 12.8 Å². The van der Waals surface area contributed by atoms with Gasteiger partial charge in [-0.1, -0.05) is 0 Å². The SMILES string of the molecule is NC(=O)CCCNc1ccc([N+](=O)[O-])cc1I. The number of rotatable bonds is 6. The molecular weight excluding hydrogens is 337 g/mol. The van der Waals surface area contributed by atoms with E-state index in [-0.39, 0.29) is 11.6 Å². The summed E-state index contributed by atoms with van der Waals surface area (Å²) in [5, 5.41) is 13.6. The molecule has 1 amide bonds. The summed E-state index contributed by atoms with van der Waals surface area (Å²) in [6.07, 6.45) is 0.971. The standard InChI is InChI=1S/C10H12IN3O3/c11-8-6-7(14(16)17)3-4-9(8)13-5-1-2-10(12)15/h3-4,6,13H,1-2,5H2,(H2,12,15). The van der Waals surface area contributed by atoms with E-state index in [4.69, 9.17) is 5.73 Å². The molecule has 0 aliphatic rings. The van der Waals surface area contributed by atoms with Crippen molar-refractivity contribution in [1.29, 1.82) is 0 Å². The number of primary amides is 1. The monoisotopic (exact) mass is 349 g/mol.